The van der Waals surface area contributed by atoms with Crippen molar-refractivity contribution >= 4 is 11.6 Å². The molecule has 4 rings (SSSR count). The summed E-state index contributed by atoms with van der Waals surface area (Å²) in [6.45, 7) is 2.35. The molecule has 29 heavy (non-hydrogen) atoms. The number of hydrogen-bond donors (Lipinski definition) is 0. The largest absolute Gasteiger partial charge is 0.0622 e. The molecule has 0 heterocycles. The summed E-state index contributed by atoms with van der Waals surface area (Å²) in [6, 6.07) is 43.1. The van der Waals surface area contributed by atoms with Gasteiger partial charge in [-0.15, -0.1) is 0 Å². The molecule has 0 saturated heterocycles. The minimum atomic E-state index is 0.285. The topological polar surface area (TPSA) is 0 Å². The van der Waals surface area contributed by atoms with E-state index in [4.69, 9.17) is 0 Å². The normalized spacial score (nSPS) is 12.7. The van der Waals surface area contributed by atoms with Gasteiger partial charge in [-0.3, -0.25) is 0 Å². The van der Waals surface area contributed by atoms with Crippen LogP contribution in [-0.4, -0.2) is 0 Å². The van der Waals surface area contributed by atoms with E-state index in [0.29, 0.717) is 5.92 Å². The molecule has 0 nitrogen and oxygen atoms in total. The van der Waals surface area contributed by atoms with Crippen molar-refractivity contribution in [1.29, 1.82) is 0 Å². The average Bonchev–Trinajstić information content (AvgIpc) is 2.80. The molecule has 4 aromatic rings. The van der Waals surface area contributed by atoms with Gasteiger partial charge in [-0.05, 0) is 33.7 Å². The third-order valence-electron chi connectivity index (χ3n) is 5.54. The van der Waals surface area contributed by atoms with Crippen molar-refractivity contribution in [3.63, 3.8) is 0 Å². The fourth-order valence-corrected chi connectivity index (χ4v) is 4.11. The van der Waals surface area contributed by atoms with Gasteiger partial charge in [0.1, 0.15) is 0 Å². The molecule has 0 aliphatic carbocycles. The molecule has 0 bridgehead atoms. The quantitative estimate of drug-likeness (QED) is 0.303. The Morgan fingerprint density at radius 1 is 0.552 bits per heavy atom. The van der Waals surface area contributed by atoms with E-state index in [1.165, 1.54) is 27.8 Å². The molecule has 0 N–H and O–H groups in total. The van der Waals surface area contributed by atoms with Gasteiger partial charge >= 0.3 is 0 Å². The molecular weight excluding hydrogens is 348 g/mol. The monoisotopic (exact) mass is 374 g/mol. The van der Waals surface area contributed by atoms with Crippen LogP contribution < -0.4 is 0 Å². The summed E-state index contributed by atoms with van der Waals surface area (Å²) in [6.07, 6.45) is 2.35. The van der Waals surface area contributed by atoms with Crippen LogP contribution in [0.4, 0.5) is 0 Å². The van der Waals surface area contributed by atoms with Gasteiger partial charge in [0.15, 0.2) is 0 Å². The Morgan fingerprint density at radius 2 is 0.966 bits per heavy atom. The lowest BCUT2D eigenvalue weighted by atomic mass is 9.75. The van der Waals surface area contributed by atoms with E-state index in [1.54, 1.807) is 0 Å². The van der Waals surface area contributed by atoms with E-state index < -0.39 is 0 Å². The second-order valence-electron chi connectivity index (χ2n) is 7.46. The van der Waals surface area contributed by atoms with E-state index in [2.05, 4.69) is 134 Å². The van der Waals surface area contributed by atoms with Gasteiger partial charge in [0.25, 0.3) is 0 Å². The van der Waals surface area contributed by atoms with Gasteiger partial charge in [-0.1, -0.05) is 134 Å². The number of allylic oxidation sites excluding steroid dienone is 1. The first-order valence-corrected chi connectivity index (χ1v) is 10.2. The van der Waals surface area contributed by atoms with Crippen LogP contribution >= 0.6 is 0 Å². The van der Waals surface area contributed by atoms with Gasteiger partial charge in [-0.25, -0.2) is 0 Å². The van der Waals surface area contributed by atoms with Crippen LogP contribution in [0.1, 0.15) is 35.1 Å². The first-order chi connectivity index (χ1) is 14.3. The molecule has 1 atom stereocenters. The van der Waals surface area contributed by atoms with E-state index >= 15 is 0 Å². The van der Waals surface area contributed by atoms with Gasteiger partial charge < -0.3 is 0 Å². The van der Waals surface area contributed by atoms with Crippen molar-refractivity contribution in [2.45, 2.75) is 12.8 Å². The molecule has 0 saturated carbocycles. The predicted molar refractivity (Wildman–Crippen MR) is 125 cm³/mol. The first kappa shape index (κ1) is 19.0. The van der Waals surface area contributed by atoms with Gasteiger partial charge in [0, 0.05) is 5.92 Å². The van der Waals surface area contributed by atoms with Crippen molar-refractivity contribution in [2.24, 2.45) is 5.92 Å². The van der Waals surface area contributed by atoms with Crippen LogP contribution in [0, 0.1) is 5.92 Å². The molecule has 142 valence electrons. The van der Waals surface area contributed by atoms with Gasteiger partial charge in [0.05, 0.1) is 0 Å². The summed E-state index contributed by atoms with van der Waals surface area (Å²) in [5.41, 5.74) is 6.57. The summed E-state index contributed by atoms with van der Waals surface area (Å²) in [7, 11) is 0. The number of rotatable bonds is 6. The fourth-order valence-electron chi connectivity index (χ4n) is 4.11. The Bertz CT molecular complexity index is 993. The summed E-state index contributed by atoms with van der Waals surface area (Å²) >= 11 is 0. The van der Waals surface area contributed by atoms with Crippen molar-refractivity contribution in [2.75, 3.05) is 0 Å². The zero-order valence-electron chi connectivity index (χ0n) is 16.8. The highest BCUT2D eigenvalue weighted by Crippen LogP contribution is 2.40. The zero-order chi connectivity index (χ0) is 19.9. The second kappa shape index (κ2) is 9.21. The lowest BCUT2D eigenvalue weighted by Gasteiger charge is -2.28. The molecule has 1 unspecified atom stereocenters. The fraction of sp³-hybridized carbons (Fsp3) is 0.103. The third kappa shape index (κ3) is 4.55. The Balaban J connectivity index is 1.85. The molecule has 0 aliphatic rings. The zero-order valence-corrected chi connectivity index (χ0v) is 16.8. The van der Waals surface area contributed by atoms with Gasteiger partial charge in [0.2, 0.25) is 0 Å². The maximum absolute atomic E-state index is 2.35. The maximum atomic E-state index is 2.35. The minimum Gasteiger partial charge on any atom is -0.0622 e. The Morgan fingerprint density at radius 3 is 1.45 bits per heavy atom. The van der Waals surface area contributed by atoms with Crippen molar-refractivity contribution < 1.29 is 0 Å². The number of benzene rings is 4. The van der Waals surface area contributed by atoms with Crippen LogP contribution in [0.15, 0.2) is 121 Å². The van der Waals surface area contributed by atoms with E-state index in [0.717, 1.165) is 0 Å². The van der Waals surface area contributed by atoms with Crippen molar-refractivity contribution in [1.82, 2.24) is 0 Å². The Hall–Kier alpha value is -3.38. The van der Waals surface area contributed by atoms with Crippen LogP contribution in [0.5, 0.6) is 0 Å². The third-order valence-corrected chi connectivity index (χ3v) is 5.54. The Kier molecular flexibility index (Phi) is 6.02. The number of hydrogen-bond acceptors (Lipinski definition) is 0. The predicted octanol–water partition coefficient (Wildman–Crippen LogP) is 7.70. The summed E-state index contributed by atoms with van der Waals surface area (Å²) in [4.78, 5) is 0. The highest BCUT2D eigenvalue weighted by atomic mass is 14.3. The molecule has 4 aromatic carbocycles. The molecular formula is C29H26. The van der Waals surface area contributed by atoms with E-state index in [9.17, 15) is 0 Å². The lowest BCUT2D eigenvalue weighted by Crippen LogP contribution is -2.13. The molecule has 0 radical (unpaired) electrons. The maximum Gasteiger partial charge on any atom is 0.0156 e. The summed E-state index contributed by atoms with van der Waals surface area (Å²) in [5.74, 6) is 0.593. The lowest BCUT2D eigenvalue weighted by molar-refractivity contribution is 0.643. The van der Waals surface area contributed by atoms with E-state index in [-0.39, 0.29) is 5.92 Å². The van der Waals surface area contributed by atoms with Crippen molar-refractivity contribution in [3.8, 4) is 0 Å². The van der Waals surface area contributed by atoms with Crippen molar-refractivity contribution in [3.05, 3.63) is 144 Å². The molecule has 0 aromatic heterocycles. The average molecular weight is 375 g/mol. The van der Waals surface area contributed by atoms with Crippen LogP contribution in [0.2, 0.25) is 0 Å². The van der Waals surface area contributed by atoms with Crippen LogP contribution in [0.3, 0.4) is 0 Å². The summed E-state index contributed by atoms with van der Waals surface area (Å²) in [5, 5.41) is 0. The smallest absolute Gasteiger partial charge is 0.0156 e. The highest BCUT2D eigenvalue weighted by molar-refractivity contribution is 5.83. The van der Waals surface area contributed by atoms with Crippen LogP contribution in [-0.2, 0) is 0 Å². The van der Waals surface area contributed by atoms with Crippen LogP contribution in [0.25, 0.3) is 11.6 Å². The SMILES string of the molecule is CC(C(=Cc1ccccc1)c1ccccc1)C(c1ccccc1)c1ccccc1. The van der Waals surface area contributed by atoms with Gasteiger partial charge in [-0.2, -0.15) is 0 Å². The first-order valence-electron chi connectivity index (χ1n) is 10.2. The molecule has 0 spiro atoms. The second-order valence-corrected chi connectivity index (χ2v) is 7.46. The highest BCUT2D eigenvalue weighted by Gasteiger charge is 2.25. The molecule has 0 aliphatic heterocycles. The van der Waals surface area contributed by atoms with E-state index in [1.807, 2.05) is 0 Å². The molecule has 0 fully saturated rings. The summed E-state index contributed by atoms with van der Waals surface area (Å²) < 4.78 is 0. The molecule has 0 amide bonds. The standard InChI is InChI=1S/C29H26/c1-23(29(26-18-10-4-11-19-26)27-20-12-5-13-21-27)28(25-16-8-3-9-17-25)22-24-14-6-2-7-15-24/h2-23,29H,1H3. The Labute approximate surface area is 174 Å². The molecule has 0 heteroatoms. The minimum absolute atomic E-state index is 0.285.